The fourth-order valence-corrected chi connectivity index (χ4v) is 8.65. The third kappa shape index (κ3) is 3.84. The monoisotopic (exact) mass is 413 g/mol. The van der Waals surface area contributed by atoms with Gasteiger partial charge in [-0.3, -0.25) is 4.79 Å². The first-order valence-corrected chi connectivity index (χ1v) is 12.0. The van der Waals surface area contributed by atoms with Crippen LogP contribution in [0.25, 0.3) is 0 Å². The van der Waals surface area contributed by atoms with Crippen molar-refractivity contribution in [3.05, 3.63) is 96.6 Å². The van der Waals surface area contributed by atoms with E-state index < -0.39 is 11.9 Å². The summed E-state index contributed by atoms with van der Waals surface area (Å²) in [4.78, 5) is 11.0. The highest BCUT2D eigenvalue weighted by atomic mass is 79.9. The number of carboxylic acids is 1. The van der Waals surface area contributed by atoms with Crippen LogP contribution in [-0.2, 0) is 4.79 Å². The summed E-state index contributed by atoms with van der Waals surface area (Å²) in [5, 5.41) is 11.6. The van der Waals surface area contributed by atoms with Crippen LogP contribution < -0.4 is 10.6 Å². The predicted molar refractivity (Wildman–Crippen MR) is 110 cm³/mol. The largest absolute Gasteiger partial charge is 0.481 e. The highest BCUT2D eigenvalue weighted by molar-refractivity contribution is 9.44. The van der Waals surface area contributed by atoms with Crippen molar-refractivity contribution in [3.63, 3.8) is 0 Å². The molecule has 4 heteroatoms. The number of hydrogen-bond acceptors (Lipinski definition) is 1. The molecule has 0 radical (unpaired) electrons. The van der Waals surface area contributed by atoms with Crippen molar-refractivity contribution in [1.29, 1.82) is 0 Å². The Bertz CT molecular complexity index is 786. The Morgan fingerprint density at radius 3 is 2.08 bits per heavy atom. The Morgan fingerprint density at radius 1 is 1.00 bits per heavy atom. The van der Waals surface area contributed by atoms with E-state index in [1.165, 1.54) is 10.6 Å². The van der Waals surface area contributed by atoms with Crippen LogP contribution in [0.3, 0.4) is 0 Å². The fourth-order valence-electron chi connectivity index (χ4n) is 3.02. The van der Waals surface area contributed by atoms with Crippen molar-refractivity contribution in [3.8, 4) is 0 Å². The topological polar surface area (TPSA) is 37.3 Å². The van der Waals surface area contributed by atoms with Gasteiger partial charge in [0.25, 0.3) is 0 Å². The minimum atomic E-state index is -1.95. The van der Waals surface area contributed by atoms with Gasteiger partial charge < -0.3 is 5.11 Å². The number of halogens is 1. The van der Waals surface area contributed by atoms with Crippen molar-refractivity contribution in [2.45, 2.75) is 12.1 Å². The lowest BCUT2D eigenvalue weighted by Crippen LogP contribution is -2.28. The van der Waals surface area contributed by atoms with Gasteiger partial charge >= 0.3 is 5.97 Å². The zero-order chi connectivity index (χ0) is 17.7. The maximum absolute atomic E-state index is 11.0. The van der Waals surface area contributed by atoms with Crippen LogP contribution >= 0.6 is 21.5 Å². The fraction of sp³-hybridized carbons (Fsp3) is 0.0952. The van der Waals surface area contributed by atoms with E-state index in [0.29, 0.717) is 0 Å². The minimum Gasteiger partial charge on any atom is -0.481 e. The predicted octanol–water partition coefficient (Wildman–Crippen LogP) is 4.86. The molecule has 1 unspecified atom stereocenters. The zero-order valence-electron chi connectivity index (χ0n) is 13.6. The summed E-state index contributed by atoms with van der Waals surface area (Å²) in [6.45, 7) is 0. The molecule has 2 aromatic rings. The van der Waals surface area contributed by atoms with Gasteiger partial charge in [0.1, 0.15) is 16.3 Å². The second-order valence-electron chi connectivity index (χ2n) is 5.80. The smallest absolute Gasteiger partial charge is 0.307 e. The molecule has 1 atom stereocenters. The molecule has 0 spiro atoms. The van der Waals surface area contributed by atoms with Crippen molar-refractivity contribution < 1.29 is 9.90 Å². The van der Waals surface area contributed by atoms with E-state index in [-0.39, 0.29) is 12.1 Å². The Balaban J connectivity index is 2.14. The number of benzene rings is 2. The highest BCUT2D eigenvalue weighted by Crippen LogP contribution is 2.70. The van der Waals surface area contributed by atoms with Gasteiger partial charge in [-0.25, -0.2) is 0 Å². The van der Waals surface area contributed by atoms with Gasteiger partial charge in [-0.1, -0.05) is 60.7 Å². The average molecular weight is 414 g/mol. The molecule has 2 nitrogen and oxygen atoms in total. The van der Waals surface area contributed by atoms with Crippen molar-refractivity contribution >= 4 is 38.0 Å². The van der Waals surface area contributed by atoms with Gasteiger partial charge in [-0.2, -0.15) is 0 Å². The van der Waals surface area contributed by atoms with E-state index in [9.17, 15) is 4.79 Å². The Labute approximate surface area is 156 Å². The van der Waals surface area contributed by atoms with Crippen LogP contribution in [-0.4, -0.2) is 16.7 Å². The maximum Gasteiger partial charge on any atom is 0.307 e. The lowest BCUT2D eigenvalue weighted by atomic mass is 10.1. The summed E-state index contributed by atoms with van der Waals surface area (Å²) in [6, 6.07) is 20.8. The first-order chi connectivity index (χ1) is 12.1. The number of allylic oxidation sites excluding steroid dienone is 5. The highest BCUT2D eigenvalue weighted by Gasteiger charge is 2.49. The van der Waals surface area contributed by atoms with E-state index in [4.69, 9.17) is 5.11 Å². The van der Waals surface area contributed by atoms with Crippen LogP contribution in [0, 0.1) is 0 Å². The molecule has 3 rings (SSSR count). The summed E-state index contributed by atoms with van der Waals surface area (Å²) in [5.41, 5.74) is 1.14. The Morgan fingerprint density at radius 2 is 1.56 bits per heavy atom. The molecule has 2 aromatic carbocycles. The molecule has 0 aliphatic heterocycles. The van der Waals surface area contributed by atoms with Gasteiger partial charge in [-0.15, -0.1) is 0 Å². The molecule has 0 bridgehead atoms. The van der Waals surface area contributed by atoms with E-state index >= 15 is 0 Å². The van der Waals surface area contributed by atoms with Crippen LogP contribution in [0.5, 0.6) is 0 Å². The maximum atomic E-state index is 11.0. The van der Waals surface area contributed by atoms with Crippen LogP contribution in [0.15, 0.2) is 96.6 Å². The molecule has 126 valence electrons. The Hall–Kier alpha value is -1.96. The van der Waals surface area contributed by atoms with Gasteiger partial charge in [0.05, 0.1) is 6.42 Å². The molecule has 0 aromatic heterocycles. The van der Waals surface area contributed by atoms with E-state index in [1.807, 2.05) is 36.4 Å². The van der Waals surface area contributed by atoms with E-state index in [1.54, 1.807) is 0 Å². The standard InChI is InChI=1S/C21H18BrO2P/c22-25(18-10-3-1-4-11-18,19-12-5-2-6-13-19)20-14-8-7-9-17(20)15-16-21(23)24/h1-15,20H,16H2/p+1. The van der Waals surface area contributed by atoms with Crippen molar-refractivity contribution in [2.75, 3.05) is 0 Å². The average Bonchev–Trinajstić information content (AvgIpc) is 2.67. The normalized spacial score (nSPS) is 18.4. The molecule has 1 N–H and O–H groups in total. The van der Waals surface area contributed by atoms with Crippen molar-refractivity contribution in [2.24, 2.45) is 0 Å². The van der Waals surface area contributed by atoms with Crippen LogP contribution in [0.1, 0.15) is 6.42 Å². The molecule has 0 saturated heterocycles. The van der Waals surface area contributed by atoms with Crippen molar-refractivity contribution in [1.82, 2.24) is 0 Å². The molecule has 0 amide bonds. The summed E-state index contributed by atoms with van der Waals surface area (Å²) < 4.78 is 0. The number of hydrogen-bond donors (Lipinski definition) is 1. The molecule has 1 aliphatic carbocycles. The minimum absolute atomic E-state index is 0.0284. The summed E-state index contributed by atoms with van der Waals surface area (Å²) in [5.74, 6) is -2.77. The first kappa shape index (κ1) is 17.8. The van der Waals surface area contributed by atoms with Crippen LogP contribution in [0.4, 0.5) is 0 Å². The molecule has 25 heavy (non-hydrogen) atoms. The van der Waals surface area contributed by atoms with Gasteiger partial charge in [0, 0.05) is 0 Å². The molecule has 0 fully saturated rings. The second kappa shape index (κ2) is 7.95. The lowest BCUT2D eigenvalue weighted by molar-refractivity contribution is -0.136. The Kier molecular flexibility index (Phi) is 5.67. The molecule has 0 saturated carbocycles. The van der Waals surface area contributed by atoms with E-state index in [2.05, 4.69) is 70.1 Å². The summed E-state index contributed by atoms with van der Waals surface area (Å²) in [6.07, 6.45) is 10.1. The SMILES string of the molecule is O=C(O)CC=C1C=CC=CC1[P+](Br)(c1ccccc1)c1ccccc1. The lowest BCUT2D eigenvalue weighted by Gasteiger charge is -2.29. The van der Waals surface area contributed by atoms with Gasteiger partial charge in [0.15, 0.2) is 21.5 Å². The number of rotatable bonds is 5. The quantitative estimate of drug-likeness (QED) is 0.710. The van der Waals surface area contributed by atoms with Crippen LogP contribution in [0.2, 0.25) is 0 Å². The van der Waals surface area contributed by atoms with E-state index in [0.717, 1.165) is 5.57 Å². The summed E-state index contributed by atoms with van der Waals surface area (Å²) >= 11 is 4.15. The van der Waals surface area contributed by atoms with Gasteiger partial charge in [0.2, 0.25) is 0 Å². The van der Waals surface area contributed by atoms with Gasteiger partial charge in [-0.05, 0) is 35.9 Å². The third-order valence-electron chi connectivity index (χ3n) is 4.19. The molecular formula is C21H19BrO2P+. The zero-order valence-corrected chi connectivity index (χ0v) is 16.1. The number of carboxylic acid groups (broad SMARTS) is 1. The number of aliphatic carboxylic acids is 1. The third-order valence-corrected chi connectivity index (χ3v) is 11.3. The number of carbonyl (C=O) groups is 1. The first-order valence-electron chi connectivity index (χ1n) is 8.08. The second-order valence-corrected chi connectivity index (χ2v) is 12.0. The molecule has 1 aliphatic rings. The summed E-state index contributed by atoms with van der Waals surface area (Å²) in [7, 11) is 0. The molecular weight excluding hydrogens is 395 g/mol. The molecule has 0 heterocycles.